The van der Waals surface area contributed by atoms with Gasteiger partial charge in [-0.25, -0.2) is 4.79 Å². The minimum absolute atomic E-state index is 0.273. The third-order valence-electron chi connectivity index (χ3n) is 4.06. The van der Waals surface area contributed by atoms with Crippen LogP contribution in [0.15, 0.2) is 0 Å². The van der Waals surface area contributed by atoms with E-state index in [0.717, 1.165) is 17.2 Å². The highest BCUT2D eigenvalue weighted by Crippen LogP contribution is 2.51. The number of esters is 1. The number of ether oxygens (including phenoxy) is 1. The molecule has 19 heavy (non-hydrogen) atoms. The molecule has 5 heteroatoms. The molecule has 4 nitrogen and oxygen atoms in total. The van der Waals surface area contributed by atoms with Gasteiger partial charge in [0, 0.05) is 6.54 Å². The van der Waals surface area contributed by atoms with E-state index >= 15 is 0 Å². The van der Waals surface area contributed by atoms with Crippen molar-refractivity contribution >= 4 is 22.5 Å². The fourth-order valence-electron chi connectivity index (χ4n) is 2.31. The molecule has 0 aliphatic heterocycles. The molecule has 1 N–H and O–H groups in total. The highest BCUT2D eigenvalue weighted by Gasteiger charge is 2.45. The topological polar surface area (TPSA) is 51.2 Å². The quantitative estimate of drug-likeness (QED) is 0.812. The Balaban J connectivity index is 2.07. The van der Waals surface area contributed by atoms with Crippen molar-refractivity contribution in [3.05, 3.63) is 11.3 Å². The predicted molar refractivity (Wildman–Crippen MR) is 77.8 cm³/mol. The van der Waals surface area contributed by atoms with E-state index in [4.69, 9.17) is 4.74 Å². The summed E-state index contributed by atoms with van der Waals surface area (Å²) in [4.78, 5) is 11.9. The molecule has 2 rings (SSSR count). The summed E-state index contributed by atoms with van der Waals surface area (Å²) >= 11 is 1.35. The first-order valence-corrected chi connectivity index (χ1v) is 7.65. The van der Waals surface area contributed by atoms with Crippen LogP contribution < -0.4 is 5.32 Å². The summed E-state index contributed by atoms with van der Waals surface area (Å²) in [7, 11) is 0. The van der Waals surface area contributed by atoms with Gasteiger partial charge in [0.2, 0.25) is 0 Å². The van der Waals surface area contributed by atoms with E-state index in [9.17, 15) is 4.79 Å². The maximum atomic E-state index is 11.9. The number of nitrogens with zero attached hydrogens (tertiary/aromatic N) is 1. The van der Waals surface area contributed by atoms with Gasteiger partial charge in [-0.15, -0.1) is 0 Å². The summed E-state index contributed by atoms with van der Waals surface area (Å²) in [6, 6.07) is 0. The summed E-state index contributed by atoms with van der Waals surface area (Å²) in [5, 5.41) is 4.26. The minimum Gasteiger partial charge on any atom is -0.462 e. The highest BCUT2D eigenvalue weighted by atomic mass is 32.1. The second-order valence-corrected chi connectivity index (χ2v) is 6.34. The number of carbonyl (C=O) groups excluding carboxylic acids is 1. The summed E-state index contributed by atoms with van der Waals surface area (Å²) < 4.78 is 9.35. The Hall–Kier alpha value is -1.10. The average molecular weight is 282 g/mol. The van der Waals surface area contributed by atoms with Gasteiger partial charge in [0.15, 0.2) is 0 Å². The van der Waals surface area contributed by atoms with Crippen LogP contribution in [0.4, 0.5) is 5.00 Å². The predicted octanol–water partition coefficient (Wildman–Crippen LogP) is 3.48. The molecule has 1 heterocycles. The molecule has 1 fully saturated rings. The van der Waals surface area contributed by atoms with Crippen LogP contribution in [-0.4, -0.2) is 23.5 Å². The zero-order chi connectivity index (χ0) is 14.0. The summed E-state index contributed by atoms with van der Waals surface area (Å²) in [6.45, 7) is 9.50. The van der Waals surface area contributed by atoms with Crippen LogP contribution in [0.25, 0.3) is 0 Å². The molecule has 0 atom stereocenters. The van der Waals surface area contributed by atoms with Crippen LogP contribution >= 0.6 is 11.5 Å². The number of anilines is 1. The summed E-state index contributed by atoms with van der Waals surface area (Å²) in [5.41, 5.74) is 1.76. The standard InChI is InChI=1S/C14H22N2O2S/c1-5-18-13(17)11-10(4)16-19-12(11)15-8-14(6-7-14)9(2)3/h9,15H,5-8H2,1-4H3. The molecule has 0 aromatic carbocycles. The van der Waals surface area contributed by atoms with Crippen LogP contribution in [0.3, 0.4) is 0 Å². The molecule has 106 valence electrons. The molecular formula is C14H22N2O2S. The lowest BCUT2D eigenvalue weighted by molar-refractivity contribution is 0.0527. The van der Waals surface area contributed by atoms with Crippen LogP contribution in [0.1, 0.15) is 49.7 Å². The normalized spacial score (nSPS) is 16.5. The van der Waals surface area contributed by atoms with E-state index in [0.29, 0.717) is 23.5 Å². The average Bonchev–Trinajstić information content (AvgIpc) is 3.06. The minimum atomic E-state index is -0.273. The van der Waals surface area contributed by atoms with Crippen LogP contribution in [-0.2, 0) is 4.74 Å². The molecule has 0 spiro atoms. The van der Waals surface area contributed by atoms with E-state index in [1.165, 1.54) is 24.4 Å². The number of hydrogen-bond acceptors (Lipinski definition) is 5. The maximum absolute atomic E-state index is 11.9. The number of hydrogen-bond donors (Lipinski definition) is 1. The monoisotopic (exact) mass is 282 g/mol. The Bertz CT molecular complexity index is 464. The van der Waals surface area contributed by atoms with Gasteiger partial charge in [0.25, 0.3) is 0 Å². The fourth-order valence-corrected chi connectivity index (χ4v) is 3.09. The Labute approximate surface area is 118 Å². The van der Waals surface area contributed by atoms with E-state index in [2.05, 4.69) is 23.5 Å². The van der Waals surface area contributed by atoms with Crippen molar-refractivity contribution in [2.24, 2.45) is 11.3 Å². The second kappa shape index (κ2) is 5.49. The van der Waals surface area contributed by atoms with Crippen molar-refractivity contribution in [1.29, 1.82) is 0 Å². The number of aryl methyl sites for hydroxylation is 1. The van der Waals surface area contributed by atoms with Gasteiger partial charge in [-0.05, 0) is 49.6 Å². The first-order valence-electron chi connectivity index (χ1n) is 6.87. The van der Waals surface area contributed by atoms with Gasteiger partial charge in [0.05, 0.1) is 12.3 Å². The Morgan fingerprint density at radius 1 is 1.53 bits per heavy atom. The molecule has 0 saturated heterocycles. The SMILES string of the molecule is CCOC(=O)c1c(C)nsc1NCC1(C(C)C)CC1. The first kappa shape index (κ1) is 14.3. The molecule has 0 unspecified atom stereocenters. The van der Waals surface area contributed by atoms with Crippen LogP contribution in [0, 0.1) is 18.3 Å². The zero-order valence-electron chi connectivity index (χ0n) is 12.1. The molecule has 0 radical (unpaired) electrons. The lowest BCUT2D eigenvalue weighted by Gasteiger charge is -2.20. The number of carbonyl (C=O) groups is 1. The highest BCUT2D eigenvalue weighted by molar-refractivity contribution is 7.10. The van der Waals surface area contributed by atoms with Crippen molar-refractivity contribution in [2.75, 3.05) is 18.5 Å². The van der Waals surface area contributed by atoms with E-state index in [1.54, 1.807) is 0 Å². The Kier molecular flexibility index (Phi) is 4.13. The van der Waals surface area contributed by atoms with Gasteiger partial charge >= 0.3 is 5.97 Å². The fraction of sp³-hybridized carbons (Fsp3) is 0.714. The maximum Gasteiger partial charge on any atom is 0.343 e. The van der Waals surface area contributed by atoms with Gasteiger partial charge in [-0.1, -0.05) is 13.8 Å². The Morgan fingerprint density at radius 2 is 2.21 bits per heavy atom. The molecule has 1 saturated carbocycles. The third kappa shape index (κ3) is 2.91. The molecule has 1 aliphatic rings. The van der Waals surface area contributed by atoms with Crippen LogP contribution in [0.5, 0.6) is 0 Å². The molecule has 1 aromatic rings. The smallest absolute Gasteiger partial charge is 0.343 e. The van der Waals surface area contributed by atoms with E-state index < -0.39 is 0 Å². The summed E-state index contributed by atoms with van der Waals surface area (Å²) in [5.74, 6) is 0.394. The lowest BCUT2D eigenvalue weighted by atomic mass is 9.92. The number of aromatic nitrogens is 1. The Morgan fingerprint density at radius 3 is 2.74 bits per heavy atom. The van der Waals surface area contributed by atoms with E-state index in [-0.39, 0.29) is 5.97 Å². The van der Waals surface area contributed by atoms with Gasteiger partial charge < -0.3 is 10.1 Å². The molecular weight excluding hydrogens is 260 g/mol. The lowest BCUT2D eigenvalue weighted by Crippen LogP contribution is -2.21. The van der Waals surface area contributed by atoms with Crippen molar-refractivity contribution < 1.29 is 9.53 Å². The molecule has 1 aliphatic carbocycles. The number of nitrogens with one attached hydrogen (secondary N) is 1. The van der Waals surface area contributed by atoms with E-state index in [1.807, 2.05) is 13.8 Å². The van der Waals surface area contributed by atoms with Crippen molar-refractivity contribution in [3.63, 3.8) is 0 Å². The molecule has 0 bridgehead atoms. The van der Waals surface area contributed by atoms with Gasteiger partial charge in [0.1, 0.15) is 10.6 Å². The molecule has 1 aromatic heterocycles. The largest absolute Gasteiger partial charge is 0.462 e. The van der Waals surface area contributed by atoms with Crippen molar-refractivity contribution in [3.8, 4) is 0 Å². The first-order chi connectivity index (χ1) is 9.00. The van der Waals surface area contributed by atoms with Crippen LogP contribution in [0.2, 0.25) is 0 Å². The molecule has 0 amide bonds. The third-order valence-corrected chi connectivity index (χ3v) is 4.96. The second-order valence-electron chi connectivity index (χ2n) is 5.56. The van der Waals surface area contributed by atoms with Crippen molar-refractivity contribution in [1.82, 2.24) is 4.37 Å². The number of rotatable bonds is 6. The summed E-state index contributed by atoms with van der Waals surface area (Å²) in [6.07, 6.45) is 2.54. The van der Waals surface area contributed by atoms with Crippen molar-refractivity contribution in [2.45, 2.75) is 40.5 Å². The van der Waals surface area contributed by atoms with Gasteiger partial charge in [-0.3, -0.25) is 0 Å². The van der Waals surface area contributed by atoms with Gasteiger partial charge in [-0.2, -0.15) is 4.37 Å². The zero-order valence-corrected chi connectivity index (χ0v) is 12.9.